The maximum atomic E-state index is 10.9. The first-order chi connectivity index (χ1) is 6.29. The van der Waals surface area contributed by atoms with Gasteiger partial charge >= 0.3 is 6.09 Å². The molecule has 0 aromatic rings. The van der Waals surface area contributed by atoms with Crippen molar-refractivity contribution in [3.05, 3.63) is 12.2 Å². The molecule has 0 radical (unpaired) electrons. The van der Waals surface area contributed by atoms with Crippen LogP contribution in [0, 0.1) is 5.92 Å². The molecule has 0 aromatic heterocycles. The lowest BCUT2D eigenvalue weighted by molar-refractivity contribution is 0.0915. The molecule has 1 N–H and O–H groups in total. The topological polar surface area (TPSA) is 40.5 Å². The van der Waals surface area contributed by atoms with E-state index in [-0.39, 0.29) is 6.04 Å². The Kier molecular flexibility index (Phi) is 2.25. The molecule has 1 heterocycles. The Balaban J connectivity index is 2.15. The predicted molar refractivity (Wildman–Crippen MR) is 49.6 cm³/mol. The Morgan fingerprint density at radius 3 is 3.08 bits per heavy atom. The van der Waals surface area contributed by atoms with Crippen molar-refractivity contribution in [1.82, 2.24) is 4.90 Å². The van der Waals surface area contributed by atoms with E-state index in [9.17, 15) is 4.79 Å². The van der Waals surface area contributed by atoms with Crippen LogP contribution in [0.15, 0.2) is 12.2 Å². The predicted octanol–water partition coefficient (Wildman–Crippen LogP) is 2.09. The molecule has 1 saturated heterocycles. The lowest BCUT2D eigenvalue weighted by atomic mass is 9.82. The van der Waals surface area contributed by atoms with Crippen molar-refractivity contribution in [1.29, 1.82) is 0 Å². The number of hydrogen-bond donors (Lipinski definition) is 1. The van der Waals surface area contributed by atoms with Gasteiger partial charge in [-0.2, -0.15) is 0 Å². The molecular weight excluding hydrogens is 166 g/mol. The van der Waals surface area contributed by atoms with Gasteiger partial charge in [-0.1, -0.05) is 12.2 Å². The molecule has 0 saturated carbocycles. The monoisotopic (exact) mass is 181 g/mol. The first-order valence-electron chi connectivity index (χ1n) is 4.95. The van der Waals surface area contributed by atoms with E-state index in [1.54, 1.807) is 4.90 Å². The van der Waals surface area contributed by atoms with Crippen molar-refractivity contribution in [2.45, 2.75) is 31.7 Å². The number of carboxylic acid groups (broad SMARTS) is 1. The molecule has 0 aromatic carbocycles. The number of rotatable bonds is 0. The SMILES string of the molecule is O=C(O)N1CCCC2CCC=CC21. The number of fused-ring (bicyclic) bond motifs is 1. The van der Waals surface area contributed by atoms with Crippen LogP contribution in [0.4, 0.5) is 4.79 Å². The average molecular weight is 181 g/mol. The molecule has 1 aliphatic heterocycles. The summed E-state index contributed by atoms with van der Waals surface area (Å²) in [7, 11) is 0. The molecule has 72 valence electrons. The van der Waals surface area contributed by atoms with Crippen LogP contribution in [-0.4, -0.2) is 28.7 Å². The minimum Gasteiger partial charge on any atom is -0.465 e. The zero-order valence-corrected chi connectivity index (χ0v) is 7.65. The maximum absolute atomic E-state index is 10.9. The van der Waals surface area contributed by atoms with Gasteiger partial charge in [0.05, 0.1) is 6.04 Å². The smallest absolute Gasteiger partial charge is 0.407 e. The summed E-state index contributed by atoms with van der Waals surface area (Å²) in [5, 5.41) is 8.97. The second-order valence-corrected chi connectivity index (χ2v) is 3.87. The molecule has 1 aliphatic carbocycles. The highest BCUT2D eigenvalue weighted by Crippen LogP contribution is 2.31. The van der Waals surface area contributed by atoms with Crippen LogP contribution in [0.3, 0.4) is 0 Å². The third-order valence-corrected chi connectivity index (χ3v) is 3.10. The molecule has 0 bridgehead atoms. The second-order valence-electron chi connectivity index (χ2n) is 3.87. The van der Waals surface area contributed by atoms with Crippen molar-refractivity contribution in [3.63, 3.8) is 0 Å². The Labute approximate surface area is 78.0 Å². The van der Waals surface area contributed by atoms with E-state index in [4.69, 9.17) is 5.11 Å². The van der Waals surface area contributed by atoms with Crippen LogP contribution >= 0.6 is 0 Å². The number of amides is 1. The zero-order chi connectivity index (χ0) is 9.26. The number of nitrogens with zero attached hydrogens (tertiary/aromatic N) is 1. The Morgan fingerprint density at radius 2 is 2.31 bits per heavy atom. The molecule has 1 amide bonds. The van der Waals surface area contributed by atoms with Gasteiger partial charge in [0.2, 0.25) is 0 Å². The maximum Gasteiger partial charge on any atom is 0.407 e. The molecule has 1 fully saturated rings. The van der Waals surface area contributed by atoms with Gasteiger partial charge in [0, 0.05) is 6.54 Å². The lowest BCUT2D eigenvalue weighted by Gasteiger charge is -2.39. The lowest BCUT2D eigenvalue weighted by Crippen LogP contribution is -2.47. The molecule has 3 heteroatoms. The number of likely N-dealkylation sites (tertiary alicyclic amines) is 1. The summed E-state index contributed by atoms with van der Waals surface area (Å²) < 4.78 is 0. The summed E-state index contributed by atoms with van der Waals surface area (Å²) in [6, 6.07) is 0.167. The Morgan fingerprint density at radius 1 is 1.46 bits per heavy atom. The van der Waals surface area contributed by atoms with Gasteiger partial charge in [0.25, 0.3) is 0 Å². The minimum absolute atomic E-state index is 0.167. The summed E-state index contributed by atoms with van der Waals surface area (Å²) in [5.74, 6) is 0.579. The van der Waals surface area contributed by atoms with Crippen LogP contribution in [0.5, 0.6) is 0 Å². The van der Waals surface area contributed by atoms with Crippen molar-refractivity contribution in [2.75, 3.05) is 6.54 Å². The van der Waals surface area contributed by atoms with Gasteiger partial charge in [0.15, 0.2) is 0 Å². The summed E-state index contributed by atoms with van der Waals surface area (Å²) in [6.45, 7) is 0.709. The largest absolute Gasteiger partial charge is 0.465 e. The van der Waals surface area contributed by atoms with Gasteiger partial charge in [-0.3, -0.25) is 0 Å². The first-order valence-corrected chi connectivity index (χ1v) is 4.95. The fourth-order valence-electron chi connectivity index (χ4n) is 2.44. The number of hydrogen-bond acceptors (Lipinski definition) is 1. The van der Waals surface area contributed by atoms with E-state index in [0.29, 0.717) is 12.5 Å². The highest BCUT2D eigenvalue weighted by atomic mass is 16.4. The highest BCUT2D eigenvalue weighted by Gasteiger charge is 2.33. The molecule has 3 nitrogen and oxygen atoms in total. The van der Waals surface area contributed by atoms with Crippen LogP contribution in [0.2, 0.25) is 0 Å². The molecule has 2 aliphatic rings. The quantitative estimate of drug-likeness (QED) is 0.581. The van der Waals surface area contributed by atoms with Crippen LogP contribution in [0.25, 0.3) is 0 Å². The van der Waals surface area contributed by atoms with E-state index in [1.165, 1.54) is 6.42 Å². The van der Waals surface area contributed by atoms with E-state index in [1.807, 2.05) is 0 Å². The number of piperidine rings is 1. The van der Waals surface area contributed by atoms with E-state index in [2.05, 4.69) is 12.2 Å². The minimum atomic E-state index is -0.763. The summed E-state index contributed by atoms with van der Waals surface area (Å²) in [6.07, 6.45) is 7.92. The van der Waals surface area contributed by atoms with Crippen LogP contribution < -0.4 is 0 Å². The highest BCUT2D eigenvalue weighted by molar-refractivity contribution is 5.66. The molecule has 2 atom stereocenters. The van der Waals surface area contributed by atoms with Crippen molar-refractivity contribution >= 4 is 6.09 Å². The normalized spacial score (nSPS) is 32.8. The van der Waals surface area contributed by atoms with Gasteiger partial charge in [0.1, 0.15) is 0 Å². The first kappa shape index (κ1) is 8.60. The van der Waals surface area contributed by atoms with E-state index < -0.39 is 6.09 Å². The third-order valence-electron chi connectivity index (χ3n) is 3.10. The standard InChI is InChI=1S/C10H15NO2/c12-10(13)11-7-3-5-8-4-1-2-6-9(8)11/h2,6,8-9H,1,3-5,7H2,(H,12,13). The average Bonchev–Trinajstić information content (AvgIpc) is 2.17. The van der Waals surface area contributed by atoms with Gasteiger partial charge < -0.3 is 10.0 Å². The zero-order valence-electron chi connectivity index (χ0n) is 7.65. The summed E-state index contributed by atoms with van der Waals surface area (Å²) in [5.41, 5.74) is 0. The van der Waals surface area contributed by atoms with Gasteiger partial charge in [-0.25, -0.2) is 4.79 Å². The van der Waals surface area contributed by atoms with E-state index >= 15 is 0 Å². The molecule has 0 spiro atoms. The van der Waals surface area contributed by atoms with Crippen molar-refractivity contribution in [2.24, 2.45) is 5.92 Å². The molecule has 2 rings (SSSR count). The summed E-state index contributed by atoms with van der Waals surface area (Å²) in [4.78, 5) is 12.5. The van der Waals surface area contributed by atoms with Gasteiger partial charge in [-0.05, 0) is 31.6 Å². The second kappa shape index (κ2) is 3.40. The Hall–Kier alpha value is -0.990. The van der Waals surface area contributed by atoms with Crippen molar-refractivity contribution in [3.8, 4) is 0 Å². The molecular formula is C10H15NO2. The fraction of sp³-hybridized carbons (Fsp3) is 0.700. The van der Waals surface area contributed by atoms with E-state index in [0.717, 1.165) is 19.3 Å². The number of allylic oxidation sites excluding steroid dienone is 1. The number of carbonyl (C=O) groups is 1. The third kappa shape index (κ3) is 1.55. The van der Waals surface area contributed by atoms with Crippen molar-refractivity contribution < 1.29 is 9.90 Å². The van der Waals surface area contributed by atoms with Crippen LogP contribution in [0.1, 0.15) is 25.7 Å². The molecule has 13 heavy (non-hydrogen) atoms. The van der Waals surface area contributed by atoms with Gasteiger partial charge in [-0.15, -0.1) is 0 Å². The fourth-order valence-corrected chi connectivity index (χ4v) is 2.44. The van der Waals surface area contributed by atoms with Crippen LogP contribution in [-0.2, 0) is 0 Å². The molecule has 2 unspecified atom stereocenters. The Bertz CT molecular complexity index is 237. The summed E-state index contributed by atoms with van der Waals surface area (Å²) >= 11 is 0.